The maximum absolute atomic E-state index is 13.8. The highest BCUT2D eigenvalue weighted by atomic mass is 19.1. The molecule has 1 unspecified atom stereocenters. The number of nitrogens with one attached hydrogen (secondary N) is 1. The van der Waals surface area contributed by atoms with Crippen molar-refractivity contribution in [3.63, 3.8) is 0 Å². The van der Waals surface area contributed by atoms with Crippen molar-refractivity contribution in [3.05, 3.63) is 59.2 Å². The predicted octanol–water partition coefficient (Wildman–Crippen LogP) is 4.46. The number of rotatable bonds is 4. The number of hydrogen-bond acceptors (Lipinski definition) is 2. The zero-order valence-electron chi connectivity index (χ0n) is 11.8. The molecule has 0 bridgehead atoms. The van der Waals surface area contributed by atoms with Crippen LogP contribution in [0.25, 0.3) is 0 Å². The summed E-state index contributed by atoms with van der Waals surface area (Å²) in [6, 6.07) is 9.68. The number of para-hydroxylation sites is 1. The van der Waals surface area contributed by atoms with Gasteiger partial charge >= 0.3 is 0 Å². The Morgan fingerprint density at radius 1 is 1.19 bits per heavy atom. The number of ether oxygens (including phenoxy) is 1. The molecule has 2 aromatic carbocycles. The van der Waals surface area contributed by atoms with Crippen LogP contribution in [0.2, 0.25) is 0 Å². The third-order valence-electron chi connectivity index (χ3n) is 3.81. The minimum Gasteiger partial charge on any atom is -0.493 e. The summed E-state index contributed by atoms with van der Waals surface area (Å²) in [4.78, 5) is 0. The second-order valence-electron chi connectivity index (χ2n) is 5.17. The van der Waals surface area contributed by atoms with E-state index in [0.29, 0.717) is 6.61 Å². The Bertz CT molecular complexity index is 637. The van der Waals surface area contributed by atoms with Gasteiger partial charge in [-0.05, 0) is 41.8 Å². The summed E-state index contributed by atoms with van der Waals surface area (Å²) >= 11 is 0. The fraction of sp³-hybridized carbons (Fsp3) is 0.294. The molecule has 0 spiro atoms. The zero-order chi connectivity index (χ0) is 14.8. The third kappa shape index (κ3) is 2.71. The smallest absolute Gasteiger partial charge is 0.149 e. The van der Waals surface area contributed by atoms with Crippen LogP contribution in [0.4, 0.5) is 14.5 Å². The summed E-state index contributed by atoms with van der Waals surface area (Å²) in [5, 5.41) is 2.98. The third-order valence-corrected chi connectivity index (χ3v) is 3.81. The Labute approximate surface area is 122 Å². The fourth-order valence-corrected chi connectivity index (χ4v) is 2.65. The first kappa shape index (κ1) is 13.9. The van der Waals surface area contributed by atoms with Crippen molar-refractivity contribution in [1.82, 2.24) is 0 Å². The van der Waals surface area contributed by atoms with Gasteiger partial charge < -0.3 is 10.1 Å². The van der Waals surface area contributed by atoms with Crippen LogP contribution in [0.1, 0.15) is 30.5 Å². The molecule has 0 aliphatic carbocycles. The molecule has 1 atom stereocenters. The van der Waals surface area contributed by atoms with Gasteiger partial charge in [-0.2, -0.15) is 0 Å². The molecule has 0 amide bonds. The first-order valence-corrected chi connectivity index (χ1v) is 7.15. The monoisotopic (exact) mass is 289 g/mol. The lowest BCUT2D eigenvalue weighted by atomic mass is 10.0. The molecule has 1 N–H and O–H groups in total. The predicted molar refractivity (Wildman–Crippen MR) is 78.7 cm³/mol. The fourth-order valence-electron chi connectivity index (χ4n) is 2.65. The Hall–Kier alpha value is -2.10. The molecule has 0 fully saturated rings. The van der Waals surface area contributed by atoms with Crippen LogP contribution < -0.4 is 10.1 Å². The van der Waals surface area contributed by atoms with Gasteiger partial charge in [0, 0.05) is 6.42 Å². The SMILES string of the molecule is CCC(Nc1c(F)cccc1F)c1ccc2c(c1)CCO2. The molecule has 21 heavy (non-hydrogen) atoms. The maximum atomic E-state index is 13.8. The largest absolute Gasteiger partial charge is 0.493 e. The van der Waals surface area contributed by atoms with Crippen molar-refractivity contribution in [2.75, 3.05) is 11.9 Å². The molecular formula is C17H17F2NO. The van der Waals surface area contributed by atoms with E-state index in [9.17, 15) is 8.78 Å². The Kier molecular flexibility index (Phi) is 3.78. The van der Waals surface area contributed by atoms with Gasteiger partial charge in [0.05, 0.1) is 12.6 Å². The summed E-state index contributed by atoms with van der Waals surface area (Å²) in [5.41, 5.74) is 2.10. The van der Waals surface area contributed by atoms with E-state index >= 15 is 0 Å². The lowest BCUT2D eigenvalue weighted by molar-refractivity contribution is 0.357. The highest BCUT2D eigenvalue weighted by Gasteiger charge is 2.18. The quantitative estimate of drug-likeness (QED) is 0.897. The van der Waals surface area contributed by atoms with Gasteiger partial charge in [-0.3, -0.25) is 0 Å². The summed E-state index contributed by atoms with van der Waals surface area (Å²) in [7, 11) is 0. The molecule has 1 heterocycles. The van der Waals surface area contributed by atoms with Crippen LogP contribution in [0.3, 0.4) is 0 Å². The van der Waals surface area contributed by atoms with E-state index < -0.39 is 11.6 Å². The molecule has 1 aliphatic heterocycles. The van der Waals surface area contributed by atoms with Gasteiger partial charge in [0.25, 0.3) is 0 Å². The van der Waals surface area contributed by atoms with E-state index in [-0.39, 0.29) is 11.7 Å². The van der Waals surface area contributed by atoms with Crippen molar-refractivity contribution < 1.29 is 13.5 Å². The molecule has 0 saturated carbocycles. The number of anilines is 1. The zero-order valence-corrected chi connectivity index (χ0v) is 11.8. The number of fused-ring (bicyclic) bond motifs is 1. The number of halogens is 2. The highest BCUT2D eigenvalue weighted by Crippen LogP contribution is 2.31. The molecule has 3 rings (SSSR count). The van der Waals surface area contributed by atoms with E-state index in [0.717, 1.165) is 29.7 Å². The Balaban J connectivity index is 1.89. The van der Waals surface area contributed by atoms with Gasteiger partial charge in [0.15, 0.2) is 0 Å². The standard InChI is InChI=1S/C17H17F2NO/c1-2-15(20-17-13(18)4-3-5-14(17)19)11-6-7-16-12(10-11)8-9-21-16/h3-7,10,15,20H,2,8-9H2,1H3. The Morgan fingerprint density at radius 2 is 1.95 bits per heavy atom. The topological polar surface area (TPSA) is 21.3 Å². The second kappa shape index (κ2) is 5.72. The van der Waals surface area contributed by atoms with Crippen LogP contribution in [0.5, 0.6) is 5.75 Å². The van der Waals surface area contributed by atoms with Gasteiger partial charge in [-0.25, -0.2) is 8.78 Å². The summed E-state index contributed by atoms with van der Waals surface area (Å²) in [6.45, 7) is 2.69. The second-order valence-corrected chi connectivity index (χ2v) is 5.17. The maximum Gasteiger partial charge on any atom is 0.149 e. The van der Waals surface area contributed by atoms with Crippen LogP contribution in [0.15, 0.2) is 36.4 Å². The normalized spacial score (nSPS) is 14.4. The molecule has 1 aliphatic rings. The van der Waals surface area contributed by atoms with Gasteiger partial charge in [0.1, 0.15) is 23.1 Å². The lowest BCUT2D eigenvalue weighted by Crippen LogP contribution is -2.12. The van der Waals surface area contributed by atoms with Gasteiger partial charge in [-0.1, -0.05) is 19.1 Å². The van der Waals surface area contributed by atoms with E-state index in [4.69, 9.17) is 4.74 Å². The molecule has 2 aromatic rings. The minimum absolute atomic E-state index is 0.0684. The van der Waals surface area contributed by atoms with E-state index in [1.807, 2.05) is 19.1 Å². The van der Waals surface area contributed by atoms with E-state index in [1.54, 1.807) is 0 Å². The average Bonchev–Trinajstić information content (AvgIpc) is 2.94. The van der Waals surface area contributed by atoms with Gasteiger partial charge in [-0.15, -0.1) is 0 Å². The van der Waals surface area contributed by atoms with Crippen molar-refractivity contribution in [3.8, 4) is 5.75 Å². The van der Waals surface area contributed by atoms with Crippen LogP contribution in [-0.4, -0.2) is 6.61 Å². The van der Waals surface area contributed by atoms with Crippen molar-refractivity contribution >= 4 is 5.69 Å². The first-order chi connectivity index (χ1) is 10.2. The molecule has 0 aromatic heterocycles. The van der Waals surface area contributed by atoms with E-state index in [2.05, 4.69) is 11.4 Å². The van der Waals surface area contributed by atoms with Crippen molar-refractivity contribution in [2.45, 2.75) is 25.8 Å². The van der Waals surface area contributed by atoms with Crippen molar-refractivity contribution in [2.24, 2.45) is 0 Å². The molecule has 110 valence electrons. The van der Waals surface area contributed by atoms with Crippen molar-refractivity contribution in [1.29, 1.82) is 0 Å². The van der Waals surface area contributed by atoms with E-state index in [1.165, 1.54) is 18.2 Å². The molecule has 2 nitrogen and oxygen atoms in total. The minimum atomic E-state index is -0.571. The van der Waals surface area contributed by atoms with Crippen LogP contribution >= 0.6 is 0 Å². The molecule has 0 saturated heterocycles. The molecule has 0 radical (unpaired) electrons. The molecular weight excluding hydrogens is 272 g/mol. The summed E-state index contributed by atoms with van der Waals surface area (Å²) in [6.07, 6.45) is 1.61. The Morgan fingerprint density at radius 3 is 2.67 bits per heavy atom. The highest BCUT2D eigenvalue weighted by molar-refractivity contribution is 5.49. The first-order valence-electron chi connectivity index (χ1n) is 7.15. The molecule has 4 heteroatoms. The average molecular weight is 289 g/mol. The summed E-state index contributed by atoms with van der Waals surface area (Å²) in [5.74, 6) is -0.235. The number of benzene rings is 2. The summed E-state index contributed by atoms with van der Waals surface area (Å²) < 4.78 is 33.0. The lowest BCUT2D eigenvalue weighted by Gasteiger charge is -2.20. The van der Waals surface area contributed by atoms with Gasteiger partial charge in [0.2, 0.25) is 0 Å². The number of hydrogen-bond donors (Lipinski definition) is 1. The van der Waals surface area contributed by atoms with Crippen LogP contribution in [0, 0.1) is 11.6 Å². The van der Waals surface area contributed by atoms with Crippen LogP contribution in [-0.2, 0) is 6.42 Å².